The molecule has 6 heteroatoms. The molecule has 0 fully saturated rings. The number of carbonyl (C=O) groups is 2. The molecule has 0 radical (unpaired) electrons. The zero-order valence-corrected chi connectivity index (χ0v) is 21.8. The minimum absolute atomic E-state index is 0.143. The molecule has 1 atom stereocenters. The summed E-state index contributed by atoms with van der Waals surface area (Å²) in [6.45, 7) is 4.44. The predicted octanol–water partition coefficient (Wildman–Crippen LogP) is 5.77. The number of rotatable bonds is 11. The molecule has 2 amide bonds. The van der Waals surface area contributed by atoms with Gasteiger partial charge < -0.3 is 15.0 Å². The van der Waals surface area contributed by atoms with Crippen LogP contribution in [0.15, 0.2) is 97.1 Å². The first-order valence-electron chi connectivity index (χ1n) is 12.9. The number of nitrogens with one attached hydrogen (secondary N) is 1. The van der Waals surface area contributed by atoms with E-state index < -0.39 is 6.04 Å². The molecule has 5 nitrogen and oxygen atoms in total. The first-order chi connectivity index (χ1) is 18.4. The van der Waals surface area contributed by atoms with Gasteiger partial charge in [0.25, 0.3) is 5.91 Å². The van der Waals surface area contributed by atoms with Crippen LogP contribution in [-0.2, 0) is 22.6 Å². The van der Waals surface area contributed by atoms with Crippen molar-refractivity contribution in [2.45, 2.75) is 32.9 Å². The van der Waals surface area contributed by atoms with E-state index in [1.165, 1.54) is 12.1 Å². The highest BCUT2D eigenvalue weighted by Gasteiger charge is 2.30. The highest BCUT2D eigenvalue weighted by Crippen LogP contribution is 2.25. The minimum atomic E-state index is -0.773. The second-order valence-corrected chi connectivity index (χ2v) is 9.76. The van der Waals surface area contributed by atoms with Gasteiger partial charge in [-0.3, -0.25) is 9.59 Å². The molecule has 0 bridgehead atoms. The van der Waals surface area contributed by atoms with E-state index in [9.17, 15) is 14.0 Å². The van der Waals surface area contributed by atoms with Crippen molar-refractivity contribution in [2.75, 3.05) is 13.2 Å². The summed E-state index contributed by atoms with van der Waals surface area (Å²) in [5, 5.41) is 4.91. The first kappa shape index (κ1) is 26.9. The number of hydrogen-bond acceptors (Lipinski definition) is 3. The molecular formula is C32H33FN2O3. The standard InChI is InChI=1S/C32H33FN2O3/c1-23(2)20-34-32(37)29(19-24-9-4-3-5-10-24)35(21-25-15-17-27(33)18-16-25)31(36)22-38-30-14-8-12-26-11-6-7-13-28(26)30/h3-18,23,29H,19-22H2,1-2H3,(H,34,37)/t29-/m0/s1. The van der Waals surface area contributed by atoms with E-state index in [4.69, 9.17) is 4.74 Å². The van der Waals surface area contributed by atoms with Crippen LogP contribution in [0.4, 0.5) is 4.39 Å². The lowest BCUT2D eigenvalue weighted by Gasteiger charge is -2.31. The van der Waals surface area contributed by atoms with Gasteiger partial charge >= 0.3 is 0 Å². The minimum Gasteiger partial charge on any atom is -0.483 e. The highest BCUT2D eigenvalue weighted by atomic mass is 19.1. The van der Waals surface area contributed by atoms with Crippen molar-refractivity contribution in [1.29, 1.82) is 0 Å². The number of carbonyl (C=O) groups excluding carboxylic acids is 2. The normalized spacial score (nSPS) is 11.8. The molecule has 4 aromatic carbocycles. The monoisotopic (exact) mass is 512 g/mol. The van der Waals surface area contributed by atoms with E-state index in [-0.39, 0.29) is 36.7 Å². The Labute approximate surface area is 223 Å². The fraction of sp³-hybridized carbons (Fsp3) is 0.250. The SMILES string of the molecule is CC(C)CNC(=O)[C@H](Cc1ccccc1)N(Cc1ccc(F)cc1)C(=O)COc1cccc2ccccc12. The third kappa shape index (κ3) is 7.19. The van der Waals surface area contributed by atoms with Gasteiger partial charge in [0.15, 0.2) is 6.61 Å². The van der Waals surface area contributed by atoms with Gasteiger partial charge in [0.2, 0.25) is 5.91 Å². The number of nitrogens with zero attached hydrogens (tertiary/aromatic N) is 1. The number of benzene rings is 4. The molecular weight excluding hydrogens is 479 g/mol. The van der Waals surface area contributed by atoms with Crippen LogP contribution < -0.4 is 10.1 Å². The second-order valence-electron chi connectivity index (χ2n) is 9.76. The van der Waals surface area contributed by atoms with Gasteiger partial charge in [-0.05, 0) is 40.6 Å². The quantitative estimate of drug-likeness (QED) is 0.278. The van der Waals surface area contributed by atoms with Gasteiger partial charge in [-0.1, -0.05) is 92.7 Å². The van der Waals surface area contributed by atoms with Crippen LogP contribution in [-0.4, -0.2) is 35.9 Å². The Morgan fingerprint density at radius 1 is 0.842 bits per heavy atom. The molecule has 0 spiro atoms. The summed E-state index contributed by atoms with van der Waals surface area (Å²) in [6.07, 6.45) is 0.339. The number of hydrogen-bond donors (Lipinski definition) is 1. The fourth-order valence-electron chi connectivity index (χ4n) is 4.31. The lowest BCUT2D eigenvalue weighted by atomic mass is 10.0. The van der Waals surface area contributed by atoms with Crippen molar-refractivity contribution in [3.8, 4) is 5.75 Å². The topological polar surface area (TPSA) is 58.6 Å². The van der Waals surface area contributed by atoms with E-state index in [1.807, 2.05) is 86.6 Å². The van der Waals surface area contributed by atoms with Crippen LogP contribution >= 0.6 is 0 Å². The number of ether oxygens (including phenoxy) is 1. The Hall–Kier alpha value is -4.19. The Balaban J connectivity index is 1.63. The molecule has 0 saturated carbocycles. The number of fused-ring (bicyclic) bond motifs is 1. The summed E-state index contributed by atoms with van der Waals surface area (Å²) < 4.78 is 19.6. The molecule has 0 heterocycles. The van der Waals surface area contributed by atoms with Crippen LogP contribution in [0, 0.1) is 11.7 Å². The van der Waals surface area contributed by atoms with E-state index in [2.05, 4.69) is 5.32 Å². The zero-order chi connectivity index (χ0) is 26.9. The maximum absolute atomic E-state index is 13.7. The molecule has 1 N–H and O–H groups in total. The van der Waals surface area contributed by atoms with Crippen LogP contribution in [0.25, 0.3) is 10.8 Å². The molecule has 0 aliphatic carbocycles. The molecule has 196 valence electrons. The maximum Gasteiger partial charge on any atom is 0.261 e. The van der Waals surface area contributed by atoms with Crippen LogP contribution in [0.3, 0.4) is 0 Å². The third-order valence-electron chi connectivity index (χ3n) is 6.32. The number of halogens is 1. The molecule has 0 unspecified atom stereocenters. The van der Waals surface area contributed by atoms with Crippen molar-refractivity contribution < 1.29 is 18.7 Å². The van der Waals surface area contributed by atoms with Crippen molar-refractivity contribution in [2.24, 2.45) is 5.92 Å². The molecule has 0 aliphatic rings. The van der Waals surface area contributed by atoms with Crippen LogP contribution in [0.5, 0.6) is 5.75 Å². The van der Waals surface area contributed by atoms with Crippen molar-refractivity contribution in [3.05, 3.63) is 114 Å². The molecule has 0 aliphatic heterocycles. The van der Waals surface area contributed by atoms with E-state index >= 15 is 0 Å². The largest absolute Gasteiger partial charge is 0.483 e. The summed E-state index contributed by atoms with van der Waals surface area (Å²) in [4.78, 5) is 28.8. The van der Waals surface area contributed by atoms with Gasteiger partial charge in [-0.2, -0.15) is 0 Å². The van der Waals surface area contributed by atoms with Gasteiger partial charge in [0.1, 0.15) is 17.6 Å². The molecule has 0 saturated heterocycles. The lowest BCUT2D eigenvalue weighted by molar-refractivity contribution is -0.142. The fourth-order valence-corrected chi connectivity index (χ4v) is 4.31. The van der Waals surface area contributed by atoms with Crippen LogP contribution in [0.1, 0.15) is 25.0 Å². The maximum atomic E-state index is 13.7. The van der Waals surface area contributed by atoms with Crippen molar-refractivity contribution >= 4 is 22.6 Å². The summed E-state index contributed by atoms with van der Waals surface area (Å²) in [5.41, 5.74) is 1.66. The predicted molar refractivity (Wildman–Crippen MR) is 148 cm³/mol. The Morgan fingerprint density at radius 2 is 1.53 bits per heavy atom. The summed E-state index contributed by atoms with van der Waals surface area (Å²) >= 11 is 0. The van der Waals surface area contributed by atoms with Crippen molar-refractivity contribution in [3.63, 3.8) is 0 Å². The first-order valence-corrected chi connectivity index (χ1v) is 12.9. The number of amides is 2. The summed E-state index contributed by atoms with van der Waals surface area (Å²) in [6, 6.07) is 28.3. The summed E-state index contributed by atoms with van der Waals surface area (Å²) in [5.74, 6) is -0.0678. The van der Waals surface area contributed by atoms with Crippen LogP contribution in [0.2, 0.25) is 0 Å². The second kappa shape index (κ2) is 12.9. The molecule has 4 aromatic rings. The van der Waals surface area contributed by atoms with E-state index in [0.29, 0.717) is 18.7 Å². The Kier molecular flexibility index (Phi) is 9.09. The average molecular weight is 513 g/mol. The van der Waals surface area contributed by atoms with Gasteiger partial charge in [-0.25, -0.2) is 4.39 Å². The van der Waals surface area contributed by atoms with Gasteiger partial charge in [0.05, 0.1) is 0 Å². The highest BCUT2D eigenvalue weighted by molar-refractivity contribution is 5.90. The zero-order valence-electron chi connectivity index (χ0n) is 21.8. The molecule has 0 aromatic heterocycles. The molecule has 4 rings (SSSR count). The average Bonchev–Trinajstić information content (AvgIpc) is 2.93. The smallest absolute Gasteiger partial charge is 0.261 e. The van der Waals surface area contributed by atoms with E-state index in [0.717, 1.165) is 21.9 Å². The summed E-state index contributed by atoms with van der Waals surface area (Å²) in [7, 11) is 0. The Morgan fingerprint density at radius 3 is 2.26 bits per heavy atom. The van der Waals surface area contributed by atoms with Gasteiger partial charge in [-0.15, -0.1) is 0 Å². The van der Waals surface area contributed by atoms with E-state index in [1.54, 1.807) is 17.0 Å². The lowest BCUT2D eigenvalue weighted by Crippen LogP contribution is -2.52. The molecule has 38 heavy (non-hydrogen) atoms. The van der Waals surface area contributed by atoms with Gasteiger partial charge in [0, 0.05) is 24.9 Å². The Bertz CT molecular complexity index is 1350. The van der Waals surface area contributed by atoms with Crippen molar-refractivity contribution in [1.82, 2.24) is 10.2 Å². The third-order valence-corrected chi connectivity index (χ3v) is 6.32.